The van der Waals surface area contributed by atoms with Crippen molar-refractivity contribution in [1.82, 2.24) is 9.97 Å². The number of hydrogen-bond donors (Lipinski definition) is 2. The van der Waals surface area contributed by atoms with Gasteiger partial charge >= 0.3 is 5.97 Å². The van der Waals surface area contributed by atoms with Gasteiger partial charge in [0.25, 0.3) is 0 Å². The summed E-state index contributed by atoms with van der Waals surface area (Å²) in [5.41, 5.74) is 2.79. The van der Waals surface area contributed by atoms with E-state index in [4.69, 9.17) is 4.74 Å². The molecule has 0 fully saturated rings. The van der Waals surface area contributed by atoms with Crippen molar-refractivity contribution in [3.05, 3.63) is 59.0 Å². The van der Waals surface area contributed by atoms with Crippen LogP contribution in [0.15, 0.2) is 36.7 Å². The number of ketones is 1. The molecule has 2 aromatic heterocycles. The number of carbonyl (C=O) groups excluding carboxylic acids is 1. The molecule has 0 amide bonds. The Morgan fingerprint density at radius 3 is 2.71 bits per heavy atom. The van der Waals surface area contributed by atoms with E-state index in [1.165, 1.54) is 13.3 Å². The second kappa shape index (κ2) is 6.16. The van der Waals surface area contributed by atoms with E-state index >= 15 is 0 Å². The van der Waals surface area contributed by atoms with Crippen molar-refractivity contribution < 1.29 is 19.4 Å². The molecule has 2 heterocycles. The number of aliphatic carboxylic acids is 1. The third kappa shape index (κ3) is 2.62. The zero-order valence-electron chi connectivity index (χ0n) is 13.3. The van der Waals surface area contributed by atoms with Crippen LogP contribution in [0, 0.1) is 6.92 Å². The number of carboxylic acids is 1. The maximum absolute atomic E-state index is 13.0. The minimum Gasteiger partial charge on any atom is -0.496 e. The van der Waals surface area contributed by atoms with E-state index in [-0.39, 0.29) is 12.2 Å². The number of benzene rings is 1. The first-order valence-electron chi connectivity index (χ1n) is 7.37. The van der Waals surface area contributed by atoms with Gasteiger partial charge in [0, 0.05) is 34.6 Å². The number of aromatic nitrogens is 2. The molecule has 0 saturated carbocycles. The molecular weight excluding hydrogens is 308 g/mol. The molecule has 122 valence electrons. The summed E-state index contributed by atoms with van der Waals surface area (Å²) in [5.74, 6) is -0.806. The zero-order chi connectivity index (χ0) is 17.3. The third-order valence-corrected chi connectivity index (χ3v) is 3.94. The van der Waals surface area contributed by atoms with Crippen LogP contribution < -0.4 is 4.74 Å². The molecule has 0 spiro atoms. The van der Waals surface area contributed by atoms with Gasteiger partial charge in [-0.05, 0) is 36.8 Å². The fourth-order valence-electron chi connectivity index (χ4n) is 2.88. The number of aryl methyl sites for hydroxylation is 1. The summed E-state index contributed by atoms with van der Waals surface area (Å²) in [6, 6.07) is 6.84. The summed E-state index contributed by atoms with van der Waals surface area (Å²) in [5, 5.41) is 9.79. The summed E-state index contributed by atoms with van der Waals surface area (Å²) >= 11 is 0. The van der Waals surface area contributed by atoms with Crippen LogP contribution in [-0.2, 0) is 11.2 Å². The predicted octanol–water partition coefficient (Wildman–Crippen LogP) is 2.74. The van der Waals surface area contributed by atoms with Crippen molar-refractivity contribution in [3.63, 3.8) is 0 Å². The monoisotopic (exact) mass is 324 g/mol. The van der Waals surface area contributed by atoms with Gasteiger partial charge in [-0.3, -0.25) is 14.6 Å². The SMILES string of the molecule is COc1ccc2[nH]c(C)c(CC(=O)O)c2c1C(=O)c1cccnc1. The molecule has 3 aromatic rings. The number of carboxylic acid groups (broad SMARTS) is 1. The van der Waals surface area contributed by atoms with E-state index in [1.807, 2.05) is 0 Å². The Morgan fingerprint density at radius 2 is 2.08 bits per heavy atom. The Labute approximate surface area is 138 Å². The molecule has 6 heteroatoms. The van der Waals surface area contributed by atoms with E-state index in [2.05, 4.69) is 9.97 Å². The van der Waals surface area contributed by atoms with E-state index in [0.717, 1.165) is 5.69 Å². The Morgan fingerprint density at radius 1 is 1.29 bits per heavy atom. The van der Waals surface area contributed by atoms with Crippen molar-refractivity contribution in [3.8, 4) is 5.75 Å². The smallest absolute Gasteiger partial charge is 0.307 e. The van der Waals surface area contributed by atoms with Crippen molar-refractivity contribution in [2.45, 2.75) is 13.3 Å². The first kappa shape index (κ1) is 15.7. The second-order valence-electron chi connectivity index (χ2n) is 5.44. The molecule has 24 heavy (non-hydrogen) atoms. The number of aromatic amines is 1. The average Bonchev–Trinajstić information content (AvgIpc) is 2.89. The van der Waals surface area contributed by atoms with Crippen LogP contribution in [0.1, 0.15) is 27.2 Å². The van der Waals surface area contributed by atoms with E-state index in [9.17, 15) is 14.7 Å². The lowest BCUT2D eigenvalue weighted by Crippen LogP contribution is -2.07. The second-order valence-corrected chi connectivity index (χ2v) is 5.44. The lowest BCUT2D eigenvalue weighted by Gasteiger charge is -2.10. The van der Waals surface area contributed by atoms with Crippen molar-refractivity contribution in [2.75, 3.05) is 7.11 Å². The van der Waals surface area contributed by atoms with E-state index in [0.29, 0.717) is 33.3 Å². The third-order valence-electron chi connectivity index (χ3n) is 3.94. The number of carbonyl (C=O) groups is 2. The van der Waals surface area contributed by atoms with Gasteiger partial charge in [0.15, 0.2) is 5.78 Å². The molecular formula is C18H16N2O4. The summed E-state index contributed by atoms with van der Waals surface area (Å²) < 4.78 is 5.36. The summed E-state index contributed by atoms with van der Waals surface area (Å²) in [4.78, 5) is 31.4. The molecule has 0 aliphatic rings. The number of nitrogens with one attached hydrogen (secondary N) is 1. The van der Waals surface area contributed by atoms with E-state index in [1.54, 1.807) is 37.4 Å². The van der Waals surface area contributed by atoms with Crippen molar-refractivity contribution in [2.24, 2.45) is 0 Å². The summed E-state index contributed by atoms with van der Waals surface area (Å²) in [6.07, 6.45) is 2.90. The molecule has 3 rings (SSSR count). The number of hydrogen-bond acceptors (Lipinski definition) is 4. The van der Waals surface area contributed by atoms with Gasteiger partial charge in [0.05, 0.1) is 19.1 Å². The highest BCUT2D eigenvalue weighted by atomic mass is 16.5. The molecule has 0 atom stereocenters. The fraction of sp³-hybridized carbons (Fsp3) is 0.167. The van der Waals surface area contributed by atoms with Crippen LogP contribution in [-0.4, -0.2) is 33.9 Å². The van der Waals surface area contributed by atoms with Gasteiger partial charge in [-0.25, -0.2) is 0 Å². The fourth-order valence-corrected chi connectivity index (χ4v) is 2.88. The molecule has 0 aliphatic carbocycles. The topological polar surface area (TPSA) is 92.3 Å². The predicted molar refractivity (Wildman–Crippen MR) is 88.6 cm³/mol. The van der Waals surface area contributed by atoms with Crippen LogP contribution in [0.4, 0.5) is 0 Å². The number of methoxy groups -OCH3 is 1. The van der Waals surface area contributed by atoms with Crippen molar-refractivity contribution >= 4 is 22.7 Å². The van der Waals surface area contributed by atoms with Crippen LogP contribution in [0.2, 0.25) is 0 Å². The number of pyridine rings is 1. The van der Waals surface area contributed by atoms with Crippen LogP contribution >= 0.6 is 0 Å². The molecule has 1 aromatic carbocycles. The Hall–Kier alpha value is -3.15. The quantitative estimate of drug-likeness (QED) is 0.704. The molecule has 0 aliphatic heterocycles. The molecule has 6 nitrogen and oxygen atoms in total. The van der Waals surface area contributed by atoms with Gasteiger partial charge in [0.1, 0.15) is 5.75 Å². The molecule has 0 unspecified atom stereocenters. The molecule has 0 radical (unpaired) electrons. The van der Waals surface area contributed by atoms with Crippen molar-refractivity contribution in [1.29, 1.82) is 0 Å². The summed E-state index contributed by atoms with van der Waals surface area (Å²) in [6.45, 7) is 1.79. The van der Waals surface area contributed by atoms with Crippen LogP contribution in [0.25, 0.3) is 10.9 Å². The lowest BCUT2D eigenvalue weighted by atomic mass is 9.96. The standard InChI is InChI=1S/C18H16N2O4/c1-10-12(8-15(21)22)16-13(20-10)5-6-14(24-2)17(16)18(23)11-4-3-7-19-9-11/h3-7,9,20H,8H2,1-2H3,(H,21,22). The highest BCUT2D eigenvalue weighted by Crippen LogP contribution is 2.34. The van der Waals surface area contributed by atoms with Crippen LogP contribution in [0.5, 0.6) is 5.75 Å². The van der Waals surface area contributed by atoms with Gasteiger partial charge in [0.2, 0.25) is 0 Å². The molecule has 0 bridgehead atoms. The van der Waals surface area contributed by atoms with E-state index < -0.39 is 5.97 Å². The Bertz CT molecular complexity index is 929. The summed E-state index contributed by atoms with van der Waals surface area (Å²) in [7, 11) is 1.48. The highest BCUT2D eigenvalue weighted by molar-refractivity contribution is 6.19. The molecule has 0 saturated heterocycles. The molecule has 2 N–H and O–H groups in total. The largest absolute Gasteiger partial charge is 0.496 e. The number of ether oxygens (including phenoxy) is 1. The average molecular weight is 324 g/mol. The number of H-pyrrole nitrogens is 1. The minimum atomic E-state index is -0.957. The van der Waals surface area contributed by atoms with Gasteiger partial charge < -0.3 is 14.8 Å². The Balaban J connectivity index is 2.31. The highest BCUT2D eigenvalue weighted by Gasteiger charge is 2.23. The number of fused-ring (bicyclic) bond motifs is 1. The normalized spacial score (nSPS) is 10.8. The first-order valence-corrected chi connectivity index (χ1v) is 7.37. The number of rotatable bonds is 5. The number of nitrogens with zero attached hydrogens (tertiary/aromatic N) is 1. The maximum Gasteiger partial charge on any atom is 0.307 e. The first-order chi connectivity index (χ1) is 11.5. The Kier molecular flexibility index (Phi) is 4.04. The van der Waals surface area contributed by atoms with Gasteiger partial charge in [-0.2, -0.15) is 0 Å². The van der Waals surface area contributed by atoms with Crippen LogP contribution in [0.3, 0.4) is 0 Å². The minimum absolute atomic E-state index is 0.174. The van der Waals surface area contributed by atoms with Gasteiger partial charge in [-0.1, -0.05) is 0 Å². The zero-order valence-corrected chi connectivity index (χ0v) is 13.3. The lowest BCUT2D eigenvalue weighted by molar-refractivity contribution is -0.136. The van der Waals surface area contributed by atoms with Gasteiger partial charge in [-0.15, -0.1) is 0 Å². The maximum atomic E-state index is 13.0.